The molecule has 0 aromatic heterocycles. The molecule has 28 heavy (non-hydrogen) atoms. The summed E-state index contributed by atoms with van der Waals surface area (Å²) in [6.07, 6.45) is 9.44. The highest BCUT2D eigenvalue weighted by Gasteiger charge is 2.39. The second-order valence-corrected chi connectivity index (χ2v) is 8.26. The molecule has 0 unspecified atom stereocenters. The first kappa shape index (κ1) is 23.3. The molecule has 0 amide bonds. The van der Waals surface area contributed by atoms with Gasteiger partial charge in [0.15, 0.2) is 0 Å². The van der Waals surface area contributed by atoms with E-state index in [4.69, 9.17) is 4.74 Å². The minimum atomic E-state index is -0.334. The molecule has 0 radical (unpaired) electrons. The van der Waals surface area contributed by atoms with Crippen LogP contribution < -0.4 is 10.1 Å². The molecule has 1 aromatic rings. The molecule has 0 bridgehead atoms. The van der Waals surface area contributed by atoms with Gasteiger partial charge in [0.05, 0.1) is 17.6 Å². The van der Waals surface area contributed by atoms with Crippen LogP contribution in [0.4, 0.5) is 0 Å². The van der Waals surface area contributed by atoms with Crippen molar-refractivity contribution in [2.45, 2.75) is 68.9 Å². The maximum atomic E-state index is 10.1. The summed E-state index contributed by atoms with van der Waals surface area (Å²) < 4.78 is 6.19. The van der Waals surface area contributed by atoms with Gasteiger partial charge in [-0.25, -0.2) is 0 Å². The minimum Gasteiger partial charge on any atom is -0.490 e. The molecule has 3 aliphatic rings. The number of nitrogens with one attached hydrogen (secondary N) is 1. The van der Waals surface area contributed by atoms with Crippen LogP contribution in [0.5, 0.6) is 5.75 Å². The highest BCUT2D eigenvalue weighted by atomic mass is 35.5. The van der Waals surface area contributed by atoms with Crippen LogP contribution in [0.15, 0.2) is 24.3 Å². The zero-order chi connectivity index (χ0) is 17.8. The third-order valence-electron chi connectivity index (χ3n) is 6.68. The van der Waals surface area contributed by atoms with Gasteiger partial charge >= 0.3 is 0 Å². The second kappa shape index (κ2) is 10.7. The van der Waals surface area contributed by atoms with Crippen LogP contribution >= 0.6 is 24.8 Å². The monoisotopic (exact) mass is 425 g/mol. The van der Waals surface area contributed by atoms with E-state index in [0.717, 1.165) is 63.2 Å². The molecule has 3 fully saturated rings. The standard InChI is InChI=1S/C22H31N3O.2ClH/c23-17-22(10-8-19(9-11-22)25-14-12-24-13-15-25)18-4-3-7-21(16-18)26-20-5-1-2-6-20;;/h3-4,7,16,19-20,24H,1-2,5-6,8-15H2;2*1H/t19-,22+;;. The maximum absolute atomic E-state index is 10.1. The van der Waals surface area contributed by atoms with Gasteiger partial charge < -0.3 is 10.1 Å². The van der Waals surface area contributed by atoms with E-state index in [1.54, 1.807) is 0 Å². The number of nitriles is 1. The van der Waals surface area contributed by atoms with Crippen LogP contribution in [-0.4, -0.2) is 43.2 Å². The van der Waals surface area contributed by atoms with Crippen molar-refractivity contribution >= 4 is 24.8 Å². The largest absolute Gasteiger partial charge is 0.490 e. The number of benzene rings is 1. The fourth-order valence-electron chi connectivity index (χ4n) is 5.04. The number of hydrogen-bond donors (Lipinski definition) is 1. The first-order valence-electron chi connectivity index (χ1n) is 10.4. The summed E-state index contributed by atoms with van der Waals surface area (Å²) >= 11 is 0. The molecule has 4 nitrogen and oxygen atoms in total. The molecule has 1 saturated heterocycles. The summed E-state index contributed by atoms with van der Waals surface area (Å²) in [6, 6.07) is 11.7. The van der Waals surface area contributed by atoms with Crippen LogP contribution in [0.25, 0.3) is 0 Å². The van der Waals surface area contributed by atoms with Crippen LogP contribution in [-0.2, 0) is 5.41 Å². The van der Waals surface area contributed by atoms with Crippen molar-refractivity contribution < 1.29 is 4.74 Å². The van der Waals surface area contributed by atoms with E-state index in [9.17, 15) is 5.26 Å². The van der Waals surface area contributed by atoms with Crippen molar-refractivity contribution in [2.75, 3.05) is 26.2 Å². The third kappa shape index (κ3) is 5.13. The average molecular weight is 426 g/mol. The van der Waals surface area contributed by atoms with Gasteiger partial charge in [-0.15, -0.1) is 24.8 Å². The van der Waals surface area contributed by atoms with Gasteiger partial charge in [0.1, 0.15) is 5.75 Å². The van der Waals surface area contributed by atoms with Crippen molar-refractivity contribution in [3.63, 3.8) is 0 Å². The average Bonchev–Trinajstić information content (AvgIpc) is 3.22. The molecular weight excluding hydrogens is 393 g/mol. The summed E-state index contributed by atoms with van der Waals surface area (Å²) in [5, 5.41) is 13.5. The van der Waals surface area contributed by atoms with E-state index in [-0.39, 0.29) is 30.2 Å². The predicted octanol–water partition coefficient (Wildman–Crippen LogP) is 4.46. The van der Waals surface area contributed by atoms with Gasteiger partial charge in [-0.1, -0.05) is 12.1 Å². The molecule has 2 saturated carbocycles. The normalized spacial score (nSPS) is 28.6. The predicted molar refractivity (Wildman–Crippen MR) is 118 cm³/mol. The molecule has 1 N–H and O–H groups in total. The zero-order valence-electron chi connectivity index (χ0n) is 16.6. The Morgan fingerprint density at radius 1 is 1.04 bits per heavy atom. The van der Waals surface area contributed by atoms with E-state index < -0.39 is 0 Å². The van der Waals surface area contributed by atoms with Gasteiger partial charge in [-0.2, -0.15) is 5.26 Å². The van der Waals surface area contributed by atoms with Gasteiger partial charge in [0.2, 0.25) is 0 Å². The lowest BCUT2D eigenvalue weighted by molar-refractivity contribution is 0.122. The lowest BCUT2D eigenvalue weighted by atomic mass is 9.69. The molecular formula is C22H33Cl2N3O. The number of hydrogen-bond acceptors (Lipinski definition) is 4. The molecule has 156 valence electrons. The number of rotatable bonds is 4. The summed E-state index contributed by atoms with van der Waals surface area (Å²) in [7, 11) is 0. The van der Waals surface area contributed by atoms with Crippen molar-refractivity contribution in [1.82, 2.24) is 10.2 Å². The quantitative estimate of drug-likeness (QED) is 0.772. The lowest BCUT2D eigenvalue weighted by Gasteiger charge is -2.42. The highest BCUT2D eigenvalue weighted by Crippen LogP contribution is 2.41. The molecule has 4 rings (SSSR count). The fourth-order valence-corrected chi connectivity index (χ4v) is 5.04. The summed E-state index contributed by atoms with van der Waals surface area (Å²) in [4.78, 5) is 2.62. The molecule has 0 atom stereocenters. The zero-order valence-corrected chi connectivity index (χ0v) is 18.2. The molecule has 2 aliphatic carbocycles. The minimum absolute atomic E-state index is 0. The Balaban J connectivity index is 0.00000140. The van der Waals surface area contributed by atoms with Crippen LogP contribution in [0.3, 0.4) is 0 Å². The van der Waals surface area contributed by atoms with Crippen LogP contribution in [0.2, 0.25) is 0 Å². The van der Waals surface area contributed by atoms with E-state index in [1.807, 2.05) is 0 Å². The van der Waals surface area contributed by atoms with Crippen LogP contribution in [0, 0.1) is 11.3 Å². The van der Waals surface area contributed by atoms with Gasteiger partial charge in [0.25, 0.3) is 0 Å². The molecule has 1 aromatic carbocycles. The Hall–Kier alpha value is -0.990. The van der Waals surface area contributed by atoms with E-state index in [1.165, 1.54) is 25.7 Å². The number of nitrogens with zero attached hydrogens (tertiary/aromatic N) is 2. The number of halogens is 2. The topological polar surface area (TPSA) is 48.3 Å². The Kier molecular flexibility index (Phi) is 8.89. The molecule has 6 heteroatoms. The number of piperazine rings is 1. The number of ether oxygens (including phenoxy) is 1. The summed E-state index contributed by atoms with van der Waals surface area (Å²) in [6.45, 7) is 4.49. The SMILES string of the molecule is Cl.Cl.N#C[C@]1(c2cccc(OC3CCCC3)c2)CC[C@@H](N2CCNCC2)CC1. The maximum Gasteiger partial charge on any atom is 0.120 e. The summed E-state index contributed by atoms with van der Waals surface area (Å²) in [5.74, 6) is 0.952. The Labute approximate surface area is 181 Å². The first-order valence-corrected chi connectivity index (χ1v) is 10.4. The second-order valence-electron chi connectivity index (χ2n) is 8.26. The van der Waals surface area contributed by atoms with E-state index in [0.29, 0.717) is 12.1 Å². The first-order chi connectivity index (χ1) is 12.8. The van der Waals surface area contributed by atoms with Gasteiger partial charge in [-0.05, 0) is 69.1 Å². The van der Waals surface area contributed by atoms with Gasteiger partial charge in [0, 0.05) is 32.2 Å². The van der Waals surface area contributed by atoms with Crippen molar-refractivity contribution in [3.05, 3.63) is 29.8 Å². The smallest absolute Gasteiger partial charge is 0.120 e. The van der Waals surface area contributed by atoms with E-state index in [2.05, 4.69) is 40.6 Å². The van der Waals surface area contributed by atoms with E-state index >= 15 is 0 Å². The summed E-state index contributed by atoms with van der Waals surface area (Å²) in [5.41, 5.74) is 0.828. The molecule has 1 aliphatic heterocycles. The Morgan fingerprint density at radius 2 is 1.71 bits per heavy atom. The fraction of sp³-hybridized carbons (Fsp3) is 0.682. The van der Waals surface area contributed by atoms with Gasteiger partial charge in [-0.3, -0.25) is 4.90 Å². The molecule has 0 spiro atoms. The van der Waals surface area contributed by atoms with Crippen LogP contribution in [0.1, 0.15) is 56.9 Å². The lowest BCUT2D eigenvalue weighted by Crippen LogP contribution is -2.50. The highest BCUT2D eigenvalue weighted by molar-refractivity contribution is 5.85. The van der Waals surface area contributed by atoms with Crippen molar-refractivity contribution in [3.8, 4) is 11.8 Å². The third-order valence-corrected chi connectivity index (χ3v) is 6.68. The Bertz CT molecular complexity index is 643. The van der Waals surface area contributed by atoms with Crippen molar-refractivity contribution in [2.24, 2.45) is 0 Å². The van der Waals surface area contributed by atoms with Crippen molar-refractivity contribution in [1.29, 1.82) is 5.26 Å². The Morgan fingerprint density at radius 3 is 2.36 bits per heavy atom. The molecule has 1 heterocycles.